The Bertz CT molecular complexity index is 1120. The molecule has 0 aromatic carbocycles. The van der Waals surface area contributed by atoms with Gasteiger partial charge in [0.15, 0.2) is 6.10 Å². The van der Waals surface area contributed by atoms with E-state index in [1.807, 2.05) is 19.2 Å². The molecule has 3 saturated heterocycles. The number of fused-ring (bicyclic) bond motifs is 1. The van der Waals surface area contributed by atoms with Crippen LogP contribution < -0.4 is 16.0 Å². The van der Waals surface area contributed by atoms with Crippen LogP contribution in [0.4, 0.5) is 13.2 Å². The van der Waals surface area contributed by atoms with E-state index in [4.69, 9.17) is 0 Å². The minimum Gasteiger partial charge on any atom is -0.381 e. The number of halogens is 3. The molecule has 5 amide bonds. The van der Waals surface area contributed by atoms with E-state index in [9.17, 15) is 42.3 Å². The topological polar surface area (TPSA) is 148 Å². The molecule has 0 aromatic rings. The highest BCUT2D eigenvalue weighted by molar-refractivity contribution is 5.95. The van der Waals surface area contributed by atoms with Crippen LogP contribution in [0.1, 0.15) is 60.3 Å². The zero-order valence-corrected chi connectivity index (χ0v) is 24.7. The molecular weight excluding hydrogens is 559 g/mol. The highest BCUT2D eigenvalue weighted by Crippen LogP contribution is 2.65. The monoisotopic (exact) mass is 601 g/mol. The lowest BCUT2D eigenvalue weighted by Crippen LogP contribution is -2.62. The summed E-state index contributed by atoms with van der Waals surface area (Å²) in [5, 5.41) is 18.4. The van der Waals surface area contributed by atoms with E-state index in [0.717, 1.165) is 12.8 Å². The molecule has 1 aliphatic carbocycles. The Hall–Kier alpha value is -2.90. The van der Waals surface area contributed by atoms with Gasteiger partial charge in [0, 0.05) is 32.1 Å². The predicted octanol–water partition coefficient (Wildman–Crippen LogP) is 0.557. The number of carbonyl (C=O) groups is 5. The van der Waals surface area contributed by atoms with Crippen molar-refractivity contribution in [2.24, 2.45) is 28.6 Å². The smallest absolute Gasteiger partial charge is 0.381 e. The van der Waals surface area contributed by atoms with Crippen LogP contribution >= 0.6 is 0 Å². The second-order valence-electron chi connectivity index (χ2n) is 13.8. The first-order valence-corrected chi connectivity index (χ1v) is 14.6. The first kappa shape index (κ1) is 32.0. The number of aliphatic hydroxyl groups excluding tert-OH is 1. The lowest BCUT2D eigenvalue weighted by atomic mass is 9.85. The number of likely N-dealkylation sites (tertiary alicyclic amines) is 2. The van der Waals surface area contributed by atoms with Gasteiger partial charge in [-0.15, -0.1) is 0 Å². The minimum atomic E-state index is -5.20. The normalized spacial score (nSPS) is 28.9. The molecule has 11 nitrogen and oxygen atoms in total. The van der Waals surface area contributed by atoms with Crippen LogP contribution in [0.3, 0.4) is 0 Å². The number of hydrogen-bond donors (Lipinski definition) is 4. The number of alkyl halides is 3. The van der Waals surface area contributed by atoms with Gasteiger partial charge in [-0.3, -0.25) is 24.0 Å². The van der Waals surface area contributed by atoms with E-state index >= 15 is 0 Å². The maximum Gasteiger partial charge on any atom is 0.471 e. The Balaban J connectivity index is 1.59. The van der Waals surface area contributed by atoms with E-state index in [0.29, 0.717) is 26.1 Å². The van der Waals surface area contributed by atoms with Crippen molar-refractivity contribution in [1.82, 2.24) is 25.8 Å². The number of rotatable bonds is 8. The second kappa shape index (κ2) is 11.3. The van der Waals surface area contributed by atoms with E-state index in [2.05, 4.69) is 10.6 Å². The Morgan fingerprint density at radius 2 is 1.69 bits per heavy atom. The van der Waals surface area contributed by atoms with Gasteiger partial charge in [0.2, 0.25) is 17.7 Å². The molecular formula is C28H42F3N5O6. The molecule has 236 valence electrons. The van der Waals surface area contributed by atoms with Gasteiger partial charge in [-0.1, -0.05) is 34.6 Å². The summed E-state index contributed by atoms with van der Waals surface area (Å²) in [7, 11) is 0. The van der Waals surface area contributed by atoms with Gasteiger partial charge in [0.05, 0.1) is 6.04 Å². The number of nitrogens with zero attached hydrogens (tertiary/aromatic N) is 2. The second-order valence-corrected chi connectivity index (χ2v) is 13.8. The van der Waals surface area contributed by atoms with Gasteiger partial charge < -0.3 is 30.9 Å². The van der Waals surface area contributed by atoms with E-state index in [1.165, 1.54) is 30.6 Å². The zero-order chi connectivity index (χ0) is 31.4. The summed E-state index contributed by atoms with van der Waals surface area (Å²) >= 11 is 0. The molecule has 0 radical (unpaired) electrons. The van der Waals surface area contributed by atoms with Gasteiger partial charge in [0.1, 0.15) is 12.1 Å². The molecule has 4 aliphatic rings. The summed E-state index contributed by atoms with van der Waals surface area (Å²) in [5.41, 5.74) is -1.45. The lowest BCUT2D eigenvalue weighted by Gasteiger charge is -2.38. The molecule has 42 heavy (non-hydrogen) atoms. The van der Waals surface area contributed by atoms with Gasteiger partial charge in [-0.25, -0.2) is 0 Å². The van der Waals surface area contributed by atoms with E-state index in [1.54, 1.807) is 0 Å². The predicted molar refractivity (Wildman–Crippen MR) is 143 cm³/mol. The number of nitrogens with one attached hydrogen (secondary N) is 3. The van der Waals surface area contributed by atoms with Crippen molar-refractivity contribution in [3.8, 4) is 0 Å². The summed E-state index contributed by atoms with van der Waals surface area (Å²) in [4.78, 5) is 67.7. The minimum absolute atomic E-state index is 0.00271. The van der Waals surface area contributed by atoms with Crippen molar-refractivity contribution >= 4 is 29.5 Å². The zero-order valence-electron chi connectivity index (χ0n) is 24.7. The van der Waals surface area contributed by atoms with Crippen LogP contribution in [0, 0.1) is 28.6 Å². The van der Waals surface area contributed by atoms with Gasteiger partial charge >= 0.3 is 12.1 Å². The molecule has 14 heteroatoms. The molecule has 0 bridgehead atoms. The third-order valence-electron chi connectivity index (χ3n) is 9.49. The van der Waals surface area contributed by atoms with Crippen molar-refractivity contribution in [2.45, 2.75) is 90.7 Å². The highest BCUT2D eigenvalue weighted by atomic mass is 19.4. The lowest BCUT2D eigenvalue weighted by molar-refractivity contribution is -0.176. The summed E-state index contributed by atoms with van der Waals surface area (Å²) in [6, 6.07) is -3.79. The van der Waals surface area contributed by atoms with Gasteiger partial charge in [-0.2, -0.15) is 13.2 Å². The molecule has 4 N–H and O–H groups in total. The fourth-order valence-electron chi connectivity index (χ4n) is 6.85. The van der Waals surface area contributed by atoms with Crippen molar-refractivity contribution in [3.05, 3.63) is 0 Å². The van der Waals surface area contributed by atoms with Crippen LogP contribution in [0.25, 0.3) is 0 Å². The van der Waals surface area contributed by atoms with E-state index in [-0.39, 0.29) is 36.1 Å². The average Bonchev–Trinajstić information content (AvgIpc) is 3.46. The standard InChI is InChI=1S/C28H42F3N5O6/c1-26(2,3)20(34-25(42)28(29,30)31)24(41)36-13-15-17(27(15,4)5)18(36)22(39)33-16(12-14-8-9-32-21(14)38)19(37)23(40)35-10-6-7-11-35/h14-20,37H,6-13H2,1-5H3,(H,32,38)(H,33,39)(H,34,42)/t14-,15-,16?,17-,18-,19?,20?/m0/s1. The van der Waals surface area contributed by atoms with Crippen LogP contribution in [0.15, 0.2) is 0 Å². The quantitative estimate of drug-likeness (QED) is 0.320. The maximum atomic E-state index is 13.9. The maximum absolute atomic E-state index is 13.9. The molecule has 1 saturated carbocycles. The van der Waals surface area contributed by atoms with Crippen LogP contribution in [-0.4, -0.2) is 101 Å². The fraction of sp³-hybridized carbons (Fsp3) is 0.821. The molecule has 3 unspecified atom stereocenters. The summed E-state index contributed by atoms with van der Waals surface area (Å²) in [5.74, 6) is -5.48. The number of aliphatic hydroxyl groups is 1. The van der Waals surface area contributed by atoms with Gasteiger partial charge in [-0.05, 0) is 48.3 Å². The van der Waals surface area contributed by atoms with Crippen molar-refractivity contribution in [3.63, 3.8) is 0 Å². The summed E-state index contributed by atoms with van der Waals surface area (Å²) < 4.78 is 39.4. The number of hydrogen-bond acceptors (Lipinski definition) is 6. The van der Waals surface area contributed by atoms with Crippen molar-refractivity contribution in [1.29, 1.82) is 0 Å². The van der Waals surface area contributed by atoms with Gasteiger partial charge in [0.25, 0.3) is 5.91 Å². The fourth-order valence-corrected chi connectivity index (χ4v) is 6.85. The number of piperidine rings is 1. The Kier molecular flexibility index (Phi) is 8.62. The van der Waals surface area contributed by atoms with Crippen LogP contribution in [0.5, 0.6) is 0 Å². The van der Waals surface area contributed by atoms with Crippen molar-refractivity contribution in [2.75, 3.05) is 26.2 Å². The Labute approximate surface area is 243 Å². The molecule has 0 aromatic heterocycles. The number of amides is 5. The van der Waals surface area contributed by atoms with Crippen LogP contribution in [-0.2, 0) is 24.0 Å². The Morgan fingerprint density at radius 1 is 1.07 bits per heavy atom. The molecule has 3 aliphatic heterocycles. The Morgan fingerprint density at radius 3 is 2.21 bits per heavy atom. The number of carbonyl (C=O) groups excluding carboxylic acids is 5. The summed E-state index contributed by atoms with van der Waals surface area (Å²) in [6.07, 6.45) is -4.78. The largest absolute Gasteiger partial charge is 0.471 e. The van der Waals surface area contributed by atoms with E-state index < -0.39 is 65.4 Å². The average molecular weight is 602 g/mol. The molecule has 4 rings (SSSR count). The first-order valence-electron chi connectivity index (χ1n) is 14.6. The van der Waals surface area contributed by atoms with Crippen molar-refractivity contribution < 1.29 is 42.3 Å². The van der Waals surface area contributed by atoms with Crippen LogP contribution in [0.2, 0.25) is 0 Å². The summed E-state index contributed by atoms with van der Waals surface area (Å²) in [6.45, 7) is 9.91. The SMILES string of the molecule is CC(C)(C)C(NC(=O)C(F)(F)F)C(=O)N1C[C@H]2[C@@H]([C@H]1C(=O)NC(C[C@@H]1CCNC1=O)C(O)C(=O)N1CCCC1)C2(C)C. The molecule has 3 heterocycles. The molecule has 0 spiro atoms. The third kappa shape index (κ3) is 6.23. The third-order valence-corrected chi connectivity index (χ3v) is 9.49. The first-order chi connectivity index (χ1) is 19.4. The molecule has 4 fully saturated rings. The molecule has 7 atom stereocenters. The highest BCUT2D eigenvalue weighted by Gasteiger charge is 2.70.